The maximum absolute atomic E-state index is 13.6. The first-order valence-electron chi connectivity index (χ1n) is 7.11. The molecule has 0 spiro atoms. The van der Waals surface area contributed by atoms with Gasteiger partial charge in [-0.3, -0.25) is 4.68 Å². The Labute approximate surface area is 136 Å². The van der Waals surface area contributed by atoms with Crippen LogP contribution >= 0.6 is 0 Å². The number of halogens is 8. The molecule has 0 aliphatic heterocycles. The Morgan fingerprint density at radius 1 is 1.28 bits per heavy atom. The minimum Gasteiger partial charge on any atom is -0.382 e. The number of hydrogen-bond donors (Lipinski definition) is 1. The predicted octanol–water partition coefficient (Wildman–Crippen LogP) is 3.48. The van der Waals surface area contributed by atoms with Crippen LogP contribution in [0.3, 0.4) is 0 Å². The van der Waals surface area contributed by atoms with Crippen LogP contribution in [0.4, 0.5) is 35.1 Å². The van der Waals surface area contributed by atoms with E-state index in [1.165, 1.54) is 0 Å². The molecule has 1 N–H and O–H groups in total. The molecule has 1 unspecified atom stereocenters. The van der Waals surface area contributed by atoms with Gasteiger partial charge in [-0.05, 0) is 6.42 Å². The van der Waals surface area contributed by atoms with E-state index in [0.717, 1.165) is 7.11 Å². The fourth-order valence-electron chi connectivity index (χ4n) is 2.74. The largest absolute Gasteiger partial charge is 0.435 e. The van der Waals surface area contributed by atoms with Crippen molar-refractivity contribution in [2.24, 2.45) is 0 Å². The van der Waals surface area contributed by atoms with E-state index in [2.05, 4.69) is 9.84 Å². The van der Waals surface area contributed by atoms with Crippen LogP contribution in [-0.2, 0) is 23.9 Å². The Balaban J connectivity index is 2.38. The third kappa shape index (κ3) is 3.89. The molecule has 0 fully saturated rings. The van der Waals surface area contributed by atoms with Gasteiger partial charge < -0.3 is 9.84 Å². The van der Waals surface area contributed by atoms with Crippen LogP contribution in [0.25, 0.3) is 0 Å². The molecule has 0 saturated heterocycles. The van der Waals surface area contributed by atoms with Crippen LogP contribution in [0, 0.1) is 0 Å². The molecule has 1 aliphatic carbocycles. The second-order valence-electron chi connectivity index (χ2n) is 5.65. The van der Waals surface area contributed by atoms with Crippen molar-refractivity contribution in [2.75, 3.05) is 7.11 Å². The van der Waals surface area contributed by atoms with Crippen LogP contribution < -0.4 is 0 Å². The molecule has 1 aromatic rings. The van der Waals surface area contributed by atoms with Crippen molar-refractivity contribution in [1.29, 1.82) is 0 Å². The lowest BCUT2D eigenvalue weighted by molar-refractivity contribution is -0.215. The monoisotopic (exact) mass is 382 g/mol. The predicted molar refractivity (Wildman–Crippen MR) is 66.9 cm³/mol. The highest BCUT2D eigenvalue weighted by atomic mass is 19.4. The van der Waals surface area contributed by atoms with Gasteiger partial charge in [-0.1, -0.05) is 0 Å². The van der Waals surface area contributed by atoms with Gasteiger partial charge in [0.2, 0.25) is 0 Å². The Hall–Kier alpha value is -1.43. The van der Waals surface area contributed by atoms with E-state index in [9.17, 15) is 40.2 Å². The lowest BCUT2D eigenvalue weighted by Crippen LogP contribution is -2.34. The Bertz CT molecular complexity index is 623. The average molecular weight is 382 g/mol. The molecule has 144 valence electrons. The van der Waals surface area contributed by atoms with Gasteiger partial charge in [0.25, 0.3) is 5.92 Å². The number of aliphatic hydroxyl groups excluding tert-OH is 1. The molecule has 0 radical (unpaired) electrons. The van der Waals surface area contributed by atoms with Crippen LogP contribution in [0.15, 0.2) is 0 Å². The zero-order valence-corrected chi connectivity index (χ0v) is 12.8. The van der Waals surface area contributed by atoms with E-state index < -0.39 is 67.5 Å². The van der Waals surface area contributed by atoms with E-state index in [0.29, 0.717) is 4.68 Å². The van der Waals surface area contributed by atoms with Crippen molar-refractivity contribution in [3.63, 3.8) is 0 Å². The molecule has 4 nitrogen and oxygen atoms in total. The van der Waals surface area contributed by atoms with Crippen molar-refractivity contribution in [1.82, 2.24) is 9.78 Å². The average Bonchev–Trinajstić information content (AvgIpc) is 2.81. The maximum Gasteiger partial charge on any atom is 0.435 e. The van der Waals surface area contributed by atoms with Gasteiger partial charge in [-0.25, -0.2) is 8.78 Å². The van der Waals surface area contributed by atoms with Crippen molar-refractivity contribution in [3.8, 4) is 0 Å². The molecule has 2 atom stereocenters. The molecular weight excluding hydrogens is 368 g/mol. The van der Waals surface area contributed by atoms with Crippen molar-refractivity contribution >= 4 is 0 Å². The number of aryl methyl sites for hydroxylation is 1. The molecule has 0 saturated carbocycles. The summed E-state index contributed by atoms with van der Waals surface area (Å²) in [4.78, 5) is 0. The standard InChI is InChI=1S/C13H14F8N2O2/c1-25-7(12(16,17)18)3-5-23-6-2-4-11(14,15)10(24)8(6)9(22-23)13(19,20)21/h7,10,24H,2-5H2,1H3/t7?,10-/m0/s1. The number of alkyl halides is 8. The van der Waals surface area contributed by atoms with Gasteiger partial charge in [-0.2, -0.15) is 31.4 Å². The molecule has 1 aliphatic rings. The number of ether oxygens (including phenoxy) is 1. The second kappa shape index (κ2) is 6.38. The third-order valence-corrected chi connectivity index (χ3v) is 3.99. The van der Waals surface area contributed by atoms with E-state index in [-0.39, 0.29) is 5.69 Å². The van der Waals surface area contributed by atoms with Crippen LogP contribution in [0.1, 0.15) is 35.9 Å². The smallest absolute Gasteiger partial charge is 0.382 e. The summed E-state index contributed by atoms with van der Waals surface area (Å²) in [7, 11) is 0.794. The fourth-order valence-corrected chi connectivity index (χ4v) is 2.74. The van der Waals surface area contributed by atoms with Crippen LogP contribution in [0.5, 0.6) is 0 Å². The minimum absolute atomic E-state index is 0.345. The summed E-state index contributed by atoms with van der Waals surface area (Å²) in [6, 6.07) is 0. The number of fused-ring (bicyclic) bond motifs is 1. The quantitative estimate of drug-likeness (QED) is 0.812. The molecular formula is C13H14F8N2O2. The highest BCUT2D eigenvalue weighted by Gasteiger charge is 2.51. The molecule has 0 bridgehead atoms. The normalized spacial score (nSPS) is 21.9. The Morgan fingerprint density at radius 2 is 1.88 bits per heavy atom. The molecule has 1 heterocycles. The third-order valence-electron chi connectivity index (χ3n) is 3.99. The summed E-state index contributed by atoms with van der Waals surface area (Å²) in [5.41, 5.74) is -3.14. The van der Waals surface area contributed by atoms with Crippen LogP contribution in [0.2, 0.25) is 0 Å². The van der Waals surface area contributed by atoms with Gasteiger partial charge in [0.05, 0.1) is 0 Å². The molecule has 0 amide bonds. The zero-order chi connectivity index (χ0) is 19.2. The van der Waals surface area contributed by atoms with Crippen molar-refractivity contribution in [2.45, 2.75) is 56.3 Å². The lowest BCUT2D eigenvalue weighted by Gasteiger charge is -2.28. The number of aromatic nitrogens is 2. The summed E-state index contributed by atoms with van der Waals surface area (Å²) < 4.78 is 109. The number of methoxy groups -OCH3 is 1. The van der Waals surface area contributed by atoms with Crippen molar-refractivity contribution < 1.29 is 45.0 Å². The summed E-state index contributed by atoms with van der Waals surface area (Å²) in [6.07, 6.45) is -17.1. The van der Waals surface area contributed by atoms with Crippen LogP contribution in [-0.4, -0.2) is 40.2 Å². The van der Waals surface area contributed by atoms with Gasteiger partial charge in [0.15, 0.2) is 11.8 Å². The molecule has 25 heavy (non-hydrogen) atoms. The van der Waals surface area contributed by atoms with Gasteiger partial charge in [0, 0.05) is 37.8 Å². The number of nitrogens with zero attached hydrogens (tertiary/aromatic N) is 2. The van der Waals surface area contributed by atoms with E-state index >= 15 is 0 Å². The maximum atomic E-state index is 13.6. The number of rotatable bonds is 4. The fraction of sp³-hybridized carbons (Fsp3) is 0.769. The highest BCUT2D eigenvalue weighted by Crippen LogP contribution is 2.46. The molecule has 12 heteroatoms. The number of aliphatic hydroxyl groups is 1. The lowest BCUT2D eigenvalue weighted by atomic mass is 9.89. The topological polar surface area (TPSA) is 47.3 Å². The van der Waals surface area contributed by atoms with E-state index in [1.54, 1.807) is 0 Å². The summed E-state index contributed by atoms with van der Waals surface area (Å²) >= 11 is 0. The first-order valence-corrected chi connectivity index (χ1v) is 7.11. The second-order valence-corrected chi connectivity index (χ2v) is 5.65. The van der Waals surface area contributed by atoms with Crippen molar-refractivity contribution in [3.05, 3.63) is 17.0 Å². The number of hydrogen-bond acceptors (Lipinski definition) is 3. The van der Waals surface area contributed by atoms with Gasteiger partial charge in [-0.15, -0.1) is 0 Å². The Kier molecular flexibility index (Phi) is 5.08. The van der Waals surface area contributed by atoms with Gasteiger partial charge >= 0.3 is 12.4 Å². The first kappa shape index (κ1) is 19.9. The summed E-state index contributed by atoms with van der Waals surface area (Å²) in [5, 5.41) is 12.7. The Morgan fingerprint density at radius 3 is 2.36 bits per heavy atom. The zero-order valence-electron chi connectivity index (χ0n) is 12.8. The van der Waals surface area contributed by atoms with E-state index in [1.807, 2.05) is 0 Å². The minimum atomic E-state index is -5.13. The summed E-state index contributed by atoms with van der Waals surface area (Å²) in [5.74, 6) is -3.78. The molecule has 1 aromatic heterocycles. The summed E-state index contributed by atoms with van der Waals surface area (Å²) in [6.45, 7) is -0.630. The molecule has 0 aromatic carbocycles. The SMILES string of the molecule is COC(CCn1nc(C(F)(F)F)c2c1CCC(F)(F)[C@H]2O)C(F)(F)F. The molecule has 2 rings (SSSR count). The van der Waals surface area contributed by atoms with E-state index in [4.69, 9.17) is 0 Å². The highest BCUT2D eigenvalue weighted by molar-refractivity contribution is 5.35. The first-order chi connectivity index (χ1) is 11.3. The van der Waals surface area contributed by atoms with Gasteiger partial charge in [0.1, 0.15) is 6.10 Å².